The molecule has 3 atom stereocenters. The van der Waals surface area contributed by atoms with Gasteiger partial charge < -0.3 is 10.4 Å². The van der Waals surface area contributed by atoms with Crippen LogP contribution in [0.25, 0.3) is 0 Å². The van der Waals surface area contributed by atoms with Crippen LogP contribution in [0.3, 0.4) is 0 Å². The second-order valence-corrected chi connectivity index (χ2v) is 7.41. The van der Waals surface area contributed by atoms with Gasteiger partial charge in [-0.2, -0.15) is 0 Å². The highest BCUT2D eigenvalue weighted by Gasteiger charge is 2.39. The second kappa shape index (κ2) is 6.25. The molecule has 1 aliphatic heterocycles. The number of hydrogen-bond donors (Lipinski definition) is 2. The number of allylic oxidation sites excluding steroid dienone is 2. The quantitative estimate of drug-likeness (QED) is 0.424. The molecule has 2 aromatic carbocycles. The highest BCUT2D eigenvalue weighted by molar-refractivity contribution is 9.10. The van der Waals surface area contributed by atoms with Crippen molar-refractivity contribution in [2.45, 2.75) is 18.4 Å². The lowest BCUT2D eigenvalue weighted by molar-refractivity contribution is -0.384. The molecule has 0 aromatic heterocycles. The maximum atomic E-state index is 11.4. The minimum Gasteiger partial charge on any atom is -0.478 e. The third kappa shape index (κ3) is 2.68. The van der Waals surface area contributed by atoms with Crippen LogP contribution >= 0.6 is 15.9 Å². The molecule has 0 fully saturated rings. The number of non-ortho nitro benzene ring substituents is 1. The topological polar surface area (TPSA) is 92.5 Å². The maximum absolute atomic E-state index is 11.4. The molecule has 26 heavy (non-hydrogen) atoms. The Morgan fingerprint density at radius 3 is 2.85 bits per heavy atom. The third-order valence-corrected chi connectivity index (χ3v) is 5.73. The average Bonchev–Trinajstić information content (AvgIpc) is 3.11. The summed E-state index contributed by atoms with van der Waals surface area (Å²) in [6.07, 6.45) is 5.03. The van der Waals surface area contributed by atoms with E-state index in [0.717, 1.165) is 23.2 Å². The van der Waals surface area contributed by atoms with Crippen LogP contribution in [-0.4, -0.2) is 16.0 Å². The van der Waals surface area contributed by atoms with E-state index in [1.807, 2.05) is 6.07 Å². The normalized spacial score (nSPS) is 23.0. The summed E-state index contributed by atoms with van der Waals surface area (Å²) in [5.74, 6) is -0.709. The second-order valence-electron chi connectivity index (χ2n) is 6.56. The molecule has 2 N–H and O–H groups in total. The van der Waals surface area contributed by atoms with Crippen molar-refractivity contribution < 1.29 is 14.8 Å². The van der Waals surface area contributed by atoms with E-state index in [4.69, 9.17) is 0 Å². The Morgan fingerprint density at radius 2 is 2.12 bits per heavy atom. The van der Waals surface area contributed by atoms with Gasteiger partial charge >= 0.3 is 5.97 Å². The molecular weight excluding hydrogens is 400 g/mol. The standard InChI is InChI=1S/C19H15BrN2O4/c20-16-9-11(19(23)24)8-15-13-5-2-6-14(13)17(21-18(15)16)10-3-1-4-12(7-10)22(25)26/h1-5,7-9,13-14,17,21H,6H2,(H,23,24). The molecule has 0 saturated carbocycles. The summed E-state index contributed by atoms with van der Waals surface area (Å²) in [4.78, 5) is 22.1. The highest BCUT2D eigenvalue weighted by atomic mass is 79.9. The van der Waals surface area contributed by atoms with E-state index >= 15 is 0 Å². The first-order chi connectivity index (χ1) is 12.5. The van der Waals surface area contributed by atoms with E-state index in [1.165, 1.54) is 6.07 Å². The van der Waals surface area contributed by atoms with Crippen LogP contribution in [0.4, 0.5) is 11.4 Å². The Kier molecular flexibility index (Phi) is 4.03. The van der Waals surface area contributed by atoms with E-state index in [9.17, 15) is 20.0 Å². The lowest BCUT2D eigenvalue weighted by atomic mass is 9.76. The maximum Gasteiger partial charge on any atom is 0.335 e. The summed E-state index contributed by atoms with van der Waals surface area (Å²) in [6, 6.07) is 9.89. The van der Waals surface area contributed by atoms with Gasteiger partial charge in [-0.05, 0) is 51.5 Å². The van der Waals surface area contributed by atoms with Crippen LogP contribution in [0.1, 0.15) is 39.9 Å². The summed E-state index contributed by atoms with van der Waals surface area (Å²) < 4.78 is 0.682. The predicted octanol–water partition coefficient (Wildman–Crippen LogP) is 4.88. The number of carboxylic acids is 1. The first-order valence-corrected chi connectivity index (χ1v) is 8.99. The predicted molar refractivity (Wildman–Crippen MR) is 101 cm³/mol. The van der Waals surface area contributed by atoms with Crippen molar-refractivity contribution in [3.63, 3.8) is 0 Å². The zero-order chi connectivity index (χ0) is 18.4. The number of fused-ring (bicyclic) bond motifs is 3. The lowest BCUT2D eigenvalue weighted by Gasteiger charge is -2.38. The zero-order valence-electron chi connectivity index (χ0n) is 13.6. The van der Waals surface area contributed by atoms with Crippen molar-refractivity contribution >= 4 is 33.3 Å². The number of hydrogen-bond acceptors (Lipinski definition) is 4. The molecule has 2 aliphatic rings. The number of nitrogens with zero attached hydrogens (tertiary/aromatic N) is 1. The molecule has 2 aromatic rings. The number of carboxylic acid groups (broad SMARTS) is 1. The van der Waals surface area contributed by atoms with E-state index < -0.39 is 5.97 Å². The van der Waals surface area contributed by atoms with Crippen LogP contribution in [0.15, 0.2) is 53.0 Å². The molecule has 132 valence electrons. The van der Waals surface area contributed by atoms with Gasteiger partial charge in [0.15, 0.2) is 0 Å². The Morgan fingerprint density at radius 1 is 1.31 bits per heavy atom. The van der Waals surface area contributed by atoms with Crippen molar-refractivity contribution in [3.05, 3.63) is 79.8 Å². The van der Waals surface area contributed by atoms with Gasteiger partial charge in [-0.15, -0.1) is 0 Å². The molecule has 3 unspecified atom stereocenters. The van der Waals surface area contributed by atoms with E-state index in [0.29, 0.717) is 4.47 Å². The van der Waals surface area contributed by atoms with Crippen molar-refractivity contribution in [1.82, 2.24) is 0 Å². The fourth-order valence-corrected chi connectivity index (χ4v) is 4.53. The Balaban J connectivity index is 1.81. The number of anilines is 1. The SMILES string of the molecule is O=C(O)c1cc(Br)c2c(c1)C1C=CCC1C(c1cccc([N+](=O)[O-])c1)N2. The van der Waals surface area contributed by atoms with Crippen molar-refractivity contribution in [1.29, 1.82) is 0 Å². The fourth-order valence-electron chi connectivity index (χ4n) is 3.94. The number of carbonyl (C=O) groups is 1. The third-order valence-electron chi connectivity index (χ3n) is 5.11. The van der Waals surface area contributed by atoms with E-state index in [-0.39, 0.29) is 34.1 Å². The van der Waals surface area contributed by atoms with Gasteiger partial charge in [0.25, 0.3) is 5.69 Å². The van der Waals surface area contributed by atoms with Gasteiger partial charge in [-0.3, -0.25) is 10.1 Å². The number of halogens is 1. The summed E-state index contributed by atoms with van der Waals surface area (Å²) in [5.41, 5.74) is 2.96. The molecule has 0 radical (unpaired) electrons. The van der Waals surface area contributed by atoms with Gasteiger partial charge in [0.05, 0.1) is 22.2 Å². The van der Waals surface area contributed by atoms with Crippen LogP contribution in [0.5, 0.6) is 0 Å². The number of aromatic carboxylic acids is 1. The van der Waals surface area contributed by atoms with Crippen LogP contribution in [0, 0.1) is 16.0 Å². The molecule has 7 heteroatoms. The van der Waals surface area contributed by atoms with Crippen LogP contribution in [0.2, 0.25) is 0 Å². The molecule has 1 aliphatic carbocycles. The molecule has 0 amide bonds. The number of nitro groups is 1. The first-order valence-electron chi connectivity index (χ1n) is 8.20. The van der Waals surface area contributed by atoms with Crippen molar-refractivity contribution in [2.75, 3.05) is 5.32 Å². The van der Waals surface area contributed by atoms with Gasteiger partial charge in [-0.25, -0.2) is 4.79 Å². The molecule has 0 bridgehead atoms. The molecular formula is C19H15BrN2O4. The van der Waals surface area contributed by atoms with Crippen LogP contribution in [-0.2, 0) is 0 Å². The summed E-state index contributed by atoms with van der Waals surface area (Å²) in [5, 5.41) is 24.0. The van der Waals surface area contributed by atoms with Crippen LogP contribution < -0.4 is 5.32 Å². The average molecular weight is 415 g/mol. The monoisotopic (exact) mass is 414 g/mol. The molecule has 4 rings (SSSR count). The number of nitrogens with one attached hydrogen (secondary N) is 1. The van der Waals surface area contributed by atoms with Crippen molar-refractivity contribution in [2.24, 2.45) is 5.92 Å². The minimum absolute atomic E-state index is 0.0675. The molecule has 0 saturated heterocycles. The molecule has 6 nitrogen and oxygen atoms in total. The molecule has 0 spiro atoms. The number of rotatable bonds is 3. The summed E-state index contributed by atoms with van der Waals surface area (Å²) in [7, 11) is 0. The summed E-state index contributed by atoms with van der Waals surface area (Å²) >= 11 is 3.48. The fraction of sp³-hybridized carbons (Fsp3) is 0.211. The number of benzene rings is 2. The minimum atomic E-state index is -0.965. The van der Waals surface area contributed by atoms with E-state index in [1.54, 1.807) is 24.3 Å². The first kappa shape index (κ1) is 16.8. The van der Waals surface area contributed by atoms with Gasteiger partial charge in [0.2, 0.25) is 0 Å². The Bertz CT molecular complexity index is 957. The number of nitro benzene ring substituents is 1. The Labute approximate surface area is 157 Å². The Hall–Kier alpha value is -2.67. The van der Waals surface area contributed by atoms with Gasteiger partial charge in [0, 0.05) is 22.5 Å². The van der Waals surface area contributed by atoms with Crippen molar-refractivity contribution in [3.8, 4) is 0 Å². The van der Waals surface area contributed by atoms with Gasteiger partial charge in [0.1, 0.15) is 0 Å². The lowest BCUT2D eigenvalue weighted by Crippen LogP contribution is -2.29. The largest absolute Gasteiger partial charge is 0.478 e. The summed E-state index contributed by atoms with van der Waals surface area (Å²) in [6.45, 7) is 0. The van der Waals surface area contributed by atoms with Gasteiger partial charge in [-0.1, -0.05) is 24.3 Å². The van der Waals surface area contributed by atoms with E-state index in [2.05, 4.69) is 33.4 Å². The molecule has 1 heterocycles. The zero-order valence-corrected chi connectivity index (χ0v) is 15.1. The smallest absolute Gasteiger partial charge is 0.335 e. The highest BCUT2D eigenvalue weighted by Crippen LogP contribution is 2.52.